The second kappa shape index (κ2) is 15.6. The van der Waals surface area contributed by atoms with Gasteiger partial charge in [0.05, 0.1) is 38.8 Å². The van der Waals surface area contributed by atoms with Gasteiger partial charge in [0, 0.05) is 54.7 Å². The molecule has 0 aliphatic carbocycles. The summed E-state index contributed by atoms with van der Waals surface area (Å²) in [7, 11) is 0. The summed E-state index contributed by atoms with van der Waals surface area (Å²) in [6.07, 6.45) is 0. The highest BCUT2D eigenvalue weighted by atomic mass is 15.2. The van der Waals surface area contributed by atoms with Crippen molar-refractivity contribution in [2.45, 2.75) is 0 Å². The Labute approximate surface area is 397 Å². The number of rotatable bonds is 7. The number of fused-ring (bicyclic) bond motifs is 9. The zero-order valence-electron chi connectivity index (χ0n) is 37.3. The molecule has 0 aliphatic heterocycles. The number of nitrogens with zero attached hydrogens (tertiary/aromatic N) is 6. The van der Waals surface area contributed by atoms with E-state index in [9.17, 15) is 0 Å². The van der Waals surface area contributed by atoms with Gasteiger partial charge >= 0.3 is 0 Å². The van der Waals surface area contributed by atoms with Gasteiger partial charge in [-0.15, -0.1) is 0 Å². The number of benzene rings is 10. The van der Waals surface area contributed by atoms with Crippen LogP contribution in [-0.4, -0.2) is 28.7 Å². The van der Waals surface area contributed by atoms with E-state index in [1.807, 2.05) is 18.2 Å². The number of aromatic nitrogens is 6. The first-order valence-corrected chi connectivity index (χ1v) is 23.4. The van der Waals surface area contributed by atoms with E-state index >= 15 is 0 Å². The first-order valence-electron chi connectivity index (χ1n) is 23.4. The predicted molar refractivity (Wildman–Crippen MR) is 285 cm³/mol. The highest BCUT2D eigenvalue weighted by Gasteiger charge is 2.24. The van der Waals surface area contributed by atoms with Crippen LogP contribution in [0.25, 0.3) is 128 Å². The molecule has 0 amide bonds. The Morgan fingerprint density at radius 2 is 0.783 bits per heavy atom. The van der Waals surface area contributed by atoms with E-state index in [2.05, 4.69) is 238 Å². The van der Waals surface area contributed by atoms with E-state index in [1.54, 1.807) is 0 Å². The number of para-hydroxylation sites is 4. The molecule has 6 nitrogen and oxygen atoms in total. The Hall–Kier alpha value is -9.39. The Bertz CT molecular complexity index is 4280. The molecule has 4 aromatic heterocycles. The molecule has 322 valence electrons. The summed E-state index contributed by atoms with van der Waals surface area (Å²) in [6, 6.07) is 86.3. The Kier molecular flexibility index (Phi) is 8.79. The SMILES string of the molecule is c1ccc(-c2ccc(-n3c4ccccc4c4cc5c6ccccc6n(-c6nc(-c7ccccc7)nc(-c7cccc8c7c7ccccc7n8-c7ccccc7)n6)c5cc43)c(-c3ccccc3)c2)cc1. The normalized spacial score (nSPS) is 11.8. The summed E-state index contributed by atoms with van der Waals surface area (Å²) in [4.78, 5) is 16.3. The van der Waals surface area contributed by atoms with Crippen molar-refractivity contribution in [1.82, 2.24) is 28.7 Å². The summed E-state index contributed by atoms with van der Waals surface area (Å²) in [6.45, 7) is 0. The molecule has 0 fully saturated rings. The molecule has 0 atom stereocenters. The number of hydrogen-bond donors (Lipinski definition) is 0. The lowest BCUT2D eigenvalue weighted by atomic mass is 9.97. The first-order chi connectivity index (χ1) is 34.2. The monoisotopic (exact) mass is 880 g/mol. The largest absolute Gasteiger partial charge is 0.309 e. The van der Waals surface area contributed by atoms with Gasteiger partial charge in [0.25, 0.3) is 0 Å². The van der Waals surface area contributed by atoms with Crippen LogP contribution in [0, 0.1) is 0 Å². The molecule has 10 aromatic carbocycles. The molecule has 0 bridgehead atoms. The molecule has 14 aromatic rings. The lowest BCUT2D eigenvalue weighted by Gasteiger charge is -2.16. The van der Waals surface area contributed by atoms with Crippen molar-refractivity contribution in [3.63, 3.8) is 0 Å². The highest BCUT2D eigenvalue weighted by Crippen LogP contribution is 2.43. The topological polar surface area (TPSA) is 53.5 Å². The average molecular weight is 881 g/mol. The maximum Gasteiger partial charge on any atom is 0.238 e. The van der Waals surface area contributed by atoms with Gasteiger partial charge in [-0.3, -0.25) is 4.57 Å². The Balaban J connectivity index is 1.06. The molecular weight excluding hydrogens is 841 g/mol. The van der Waals surface area contributed by atoms with E-state index in [1.165, 1.54) is 21.9 Å². The minimum atomic E-state index is 0.549. The van der Waals surface area contributed by atoms with Crippen molar-refractivity contribution in [3.8, 4) is 62.4 Å². The van der Waals surface area contributed by atoms with Crippen LogP contribution in [-0.2, 0) is 0 Å². The van der Waals surface area contributed by atoms with Gasteiger partial charge < -0.3 is 9.13 Å². The lowest BCUT2D eigenvalue weighted by Crippen LogP contribution is -2.06. The van der Waals surface area contributed by atoms with E-state index in [0.29, 0.717) is 17.6 Å². The highest BCUT2D eigenvalue weighted by molar-refractivity contribution is 6.20. The van der Waals surface area contributed by atoms with Crippen LogP contribution in [0.2, 0.25) is 0 Å². The van der Waals surface area contributed by atoms with Crippen molar-refractivity contribution in [3.05, 3.63) is 243 Å². The molecular formula is C63H40N6. The molecule has 0 saturated heterocycles. The van der Waals surface area contributed by atoms with Crippen molar-refractivity contribution in [1.29, 1.82) is 0 Å². The minimum absolute atomic E-state index is 0.549. The van der Waals surface area contributed by atoms with Gasteiger partial charge in [-0.2, -0.15) is 9.97 Å². The summed E-state index contributed by atoms with van der Waals surface area (Å²) in [5.41, 5.74) is 15.2. The zero-order chi connectivity index (χ0) is 45.4. The fraction of sp³-hybridized carbons (Fsp3) is 0. The smallest absolute Gasteiger partial charge is 0.238 e. The van der Waals surface area contributed by atoms with Crippen LogP contribution in [0.5, 0.6) is 0 Å². The van der Waals surface area contributed by atoms with Gasteiger partial charge in [-0.05, 0) is 77.4 Å². The molecule has 0 spiro atoms. The van der Waals surface area contributed by atoms with E-state index in [-0.39, 0.29) is 0 Å². The first kappa shape index (κ1) is 38.8. The molecule has 0 saturated carbocycles. The third-order valence-electron chi connectivity index (χ3n) is 13.7. The van der Waals surface area contributed by atoms with Crippen molar-refractivity contribution in [2.24, 2.45) is 0 Å². The standard InChI is InChI=1S/C63H40N6/c1-5-20-41(21-6-1)44-36-37-56(50(38-44)42-22-7-2-8-23-42)68-53-32-16-13-28-46(53)51-39-52-47-29-14-17-33-54(47)69(59(52)40-58(51)68)63-65-61(43-24-9-3-10-25-43)64-62(66-63)49-31-19-35-57-60(49)48-30-15-18-34-55(48)67(57)45-26-11-4-12-27-45/h1-40H. The summed E-state index contributed by atoms with van der Waals surface area (Å²) < 4.78 is 7.03. The second-order valence-corrected chi connectivity index (χ2v) is 17.6. The molecule has 0 unspecified atom stereocenters. The minimum Gasteiger partial charge on any atom is -0.309 e. The van der Waals surface area contributed by atoms with Gasteiger partial charge in [-0.25, -0.2) is 4.98 Å². The Morgan fingerprint density at radius 1 is 0.261 bits per heavy atom. The second-order valence-electron chi connectivity index (χ2n) is 17.6. The molecule has 6 heteroatoms. The summed E-state index contributed by atoms with van der Waals surface area (Å²) in [5.74, 6) is 1.76. The molecule has 0 N–H and O–H groups in total. The molecule has 4 heterocycles. The molecule has 0 radical (unpaired) electrons. The van der Waals surface area contributed by atoms with Gasteiger partial charge in [-0.1, -0.05) is 182 Å². The van der Waals surface area contributed by atoms with Gasteiger partial charge in [0.15, 0.2) is 11.6 Å². The van der Waals surface area contributed by atoms with E-state index < -0.39 is 0 Å². The van der Waals surface area contributed by atoms with Crippen molar-refractivity contribution < 1.29 is 0 Å². The number of hydrogen-bond acceptors (Lipinski definition) is 3. The fourth-order valence-corrected chi connectivity index (χ4v) is 10.7. The predicted octanol–water partition coefficient (Wildman–Crippen LogP) is 15.8. The summed E-state index contributed by atoms with van der Waals surface area (Å²) >= 11 is 0. The Morgan fingerprint density at radius 3 is 1.46 bits per heavy atom. The molecule has 14 rings (SSSR count). The van der Waals surface area contributed by atoms with Crippen LogP contribution in [0.3, 0.4) is 0 Å². The van der Waals surface area contributed by atoms with Crippen LogP contribution < -0.4 is 0 Å². The van der Waals surface area contributed by atoms with Gasteiger partial charge in [0.2, 0.25) is 5.95 Å². The van der Waals surface area contributed by atoms with Crippen LogP contribution in [0.15, 0.2) is 243 Å². The van der Waals surface area contributed by atoms with Crippen molar-refractivity contribution >= 4 is 65.4 Å². The van der Waals surface area contributed by atoms with Gasteiger partial charge in [0.1, 0.15) is 0 Å². The van der Waals surface area contributed by atoms with Crippen LogP contribution >= 0.6 is 0 Å². The lowest BCUT2D eigenvalue weighted by molar-refractivity contribution is 0.954. The third-order valence-corrected chi connectivity index (χ3v) is 13.7. The quantitative estimate of drug-likeness (QED) is 0.160. The van der Waals surface area contributed by atoms with E-state index in [4.69, 9.17) is 15.0 Å². The third kappa shape index (κ3) is 6.16. The fourth-order valence-electron chi connectivity index (χ4n) is 10.7. The maximum atomic E-state index is 5.53. The zero-order valence-corrected chi connectivity index (χ0v) is 37.3. The summed E-state index contributed by atoms with van der Waals surface area (Å²) in [5, 5.41) is 6.84. The van der Waals surface area contributed by atoms with Crippen LogP contribution in [0.1, 0.15) is 0 Å². The van der Waals surface area contributed by atoms with Crippen LogP contribution in [0.4, 0.5) is 0 Å². The van der Waals surface area contributed by atoms with Crippen molar-refractivity contribution in [2.75, 3.05) is 0 Å². The maximum absolute atomic E-state index is 5.53. The van der Waals surface area contributed by atoms with E-state index in [0.717, 1.165) is 88.3 Å². The average Bonchev–Trinajstić information content (AvgIpc) is 4.06. The molecule has 0 aliphatic rings. The molecule has 69 heavy (non-hydrogen) atoms.